The van der Waals surface area contributed by atoms with E-state index in [2.05, 4.69) is 45.0 Å². The van der Waals surface area contributed by atoms with E-state index in [-0.39, 0.29) is 12.0 Å². The van der Waals surface area contributed by atoms with E-state index in [1.165, 1.54) is 51.5 Å². The molecule has 1 unspecified atom stereocenters. The first-order valence-electron chi connectivity index (χ1n) is 11.2. The molecule has 4 nitrogen and oxygen atoms in total. The molecule has 1 atom stereocenters. The first-order valence-corrected chi connectivity index (χ1v) is 11.2. The van der Waals surface area contributed by atoms with Gasteiger partial charge >= 0.3 is 0 Å². The molecule has 0 bridgehead atoms. The van der Waals surface area contributed by atoms with Crippen LogP contribution in [0.2, 0.25) is 0 Å². The minimum absolute atomic E-state index is 0.160. The summed E-state index contributed by atoms with van der Waals surface area (Å²) in [4.78, 5) is 12.7. The largest absolute Gasteiger partial charge is 0.393 e. The fraction of sp³-hybridized carbons (Fsp3) is 0.870. The molecule has 27 heavy (non-hydrogen) atoms. The smallest absolute Gasteiger partial charge is 0.217 e. The number of amides is 1. The zero-order valence-electron chi connectivity index (χ0n) is 18.7. The molecule has 0 aromatic rings. The minimum atomic E-state index is -0.189. The van der Waals surface area contributed by atoms with Gasteiger partial charge in [0.2, 0.25) is 5.91 Å². The summed E-state index contributed by atoms with van der Waals surface area (Å²) in [6.45, 7) is 5.59. The van der Waals surface area contributed by atoms with Crippen LogP contribution in [0.15, 0.2) is 12.2 Å². The van der Waals surface area contributed by atoms with Crippen LogP contribution in [0.25, 0.3) is 0 Å². The van der Waals surface area contributed by atoms with Gasteiger partial charge in [-0.3, -0.25) is 4.79 Å². The lowest BCUT2D eigenvalue weighted by molar-refractivity contribution is -0.118. The number of aliphatic hydroxyl groups is 1. The van der Waals surface area contributed by atoms with Crippen LogP contribution in [0.5, 0.6) is 0 Å². The quantitative estimate of drug-likeness (QED) is 0.259. The fourth-order valence-electron chi connectivity index (χ4n) is 2.83. The molecule has 1 amide bonds. The minimum Gasteiger partial charge on any atom is -0.393 e. The van der Waals surface area contributed by atoms with E-state index in [4.69, 9.17) is 5.73 Å². The predicted octanol–water partition coefficient (Wildman–Crippen LogP) is 5.44. The van der Waals surface area contributed by atoms with Crippen molar-refractivity contribution in [2.45, 2.75) is 110 Å². The molecule has 0 aliphatic rings. The Bertz CT molecular complexity index is 330. The van der Waals surface area contributed by atoms with Crippen molar-refractivity contribution in [2.75, 3.05) is 20.6 Å². The zero-order valence-corrected chi connectivity index (χ0v) is 18.7. The molecule has 0 aromatic carbocycles. The highest BCUT2D eigenvalue weighted by atomic mass is 16.3. The Morgan fingerprint density at radius 2 is 1.56 bits per heavy atom. The van der Waals surface area contributed by atoms with E-state index in [0.29, 0.717) is 6.42 Å². The number of hydrogen-bond acceptors (Lipinski definition) is 3. The Hall–Kier alpha value is -0.870. The summed E-state index contributed by atoms with van der Waals surface area (Å²) >= 11 is 0. The number of nitrogens with two attached hydrogens (primary N) is 1. The van der Waals surface area contributed by atoms with Gasteiger partial charge in [0.1, 0.15) is 0 Å². The van der Waals surface area contributed by atoms with Gasteiger partial charge in [-0.1, -0.05) is 70.9 Å². The average Bonchev–Trinajstić information content (AvgIpc) is 2.60. The third-order valence-electron chi connectivity index (χ3n) is 4.43. The third-order valence-corrected chi connectivity index (χ3v) is 4.43. The molecular formula is C23H48N2O2. The second kappa shape index (κ2) is 23.2. The van der Waals surface area contributed by atoms with Crippen LogP contribution in [0.1, 0.15) is 104 Å². The van der Waals surface area contributed by atoms with Gasteiger partial charge in [-0.25, -0.2) is 0 Å². The summed E-state index contributed by atoms with van der Waals surface area (Å²) in [5.74, 6) is -0.189. The number of allylic oxidation sites excluding steroid dienone is 1. The second-order valence-corrected chi connectivity index (χ2v) is 7.79. The van der Waals surface area contributed by atoms with Gasteiger partial charge in [-0.2, -0.15) is 0 Å². The summed E-state index contributed by atoms with van der Waals surface area (Å²) in [5.41, 5.74) is 5.09. The number of nitrogens with zero attached hydrogens (tertiary/aromatic N) is 1. The fourth-order valence-corrected chi connectivity index (χ4v) is 2.83. The lowest BCUT2D eigenvalue weighted by Gasteiger charge is -2.07. The van der Waals surface area contributed by atoms with Gasteiger partial charge in [-0.15, -0.1) is 0 Å². The highest BCUT2D eigenvalue weighted by Crippen LogP contribution is 2.10. The van der Waals surface area contributed by atoms with E-state index in [1.807, 2.05) is 0 Å². The summed E-state index contributed by atoms with van der Waals surface area (Å²) in [7, 11) is 4.17. The van der Waals surface area contributed by atoms with Crippen molar-refractivity contribution in [3.63, 3.8) is 0 Å². The van der Waals surface area contributed by atoms with Crippen LogP contribution in [-0.2, 0) is 4.79 Å². The van der Waals surface area contributed by atoms with Crippen molar-refractivity contribution in [2.24, 2.45) is 5.73 Å². The number of aliphatic hydroxyl groups excluding tert-OH is 1. The second-order valence-electron chi connectivity index (χ2n) is 7.79. The van der Waals surface area contributed by atoms with E-state index in [0.717, 1.165) is 38.5 Å². The van der Waals surface area contributed by atoms with E-state index < -0.39 is 0 Å². The molecule has 0 radical (unpaired) electrons. The molecule has 0 saturated heterocycles. The SMILES string of the molecule is CCCCCCC(O)C/C=C\CCCCCCCC(N)=O.CCCN(C)C. The Balaban J connectivity index is 0. The Morgan fingerprint density at radius 1 is 0.926 bits per heavy atom. The molecule has 162 valence electrons. The number of carbonyl (C=O) groups excluding carboxylic acids is 1. The van der Waals surface area contributed by atoms with Crippen LogP contribution >= 0.6 is 0 Å². The normalized spacial score (nSPS) is 12.2. The van der Waals surface area contributed by atoms with Gasteiger partial charge in [-0.05, 0) is 59.2 Å². The van der Waals surface area contributed by atoms with Gasteiger partial charge in [0, 0.05) is 6.42 Å². The lowest BCUT2D eigenvalue weighted by atomic mass is 10.1. The molecule has 0 aromatic heterocycles. The Labute approximate surface area is 169 Å². The zero-order chi connectivity index (χ0) is 20.8. The molecule has 0 saturated carbocycles. The summed E-state index contributed by atoms with van der Waals surface area (Å²) in [6.07, 6.45) is 19.3. The monoisotopic (exact) mass is 384 g/mol. The molecule has 0 heterocycles. The summed E-state index contributed by atoms with van der Waals surface area (Å²) in [5, 5.41) is 9.80. The first-order chi connectivity index (χ1) is 12.9. The van der Waals surface area contributed by atoms with Gasteiger partial charge in [0.25, 0.3) is 0 Å². The molecule has 0 spiro atoms. The maximum Gasteiger partial charge on any atom is 0.217 e. The van der Waals surface area contributed by atoms with Crippen molar-refractivity contribution in [3.05, 3.63) is 12.2 Å². The molecule has 0 aliphatic heterocycles. The van der Waals surface area contributed by atoms with Crippen LogP contribution in [0, 0.1) is 0 Å². The van der Waals surface area contributed by atoms with Crippen LogP contribution in [0.4, 0.5) is 0 Å². The standard InChI is InChI=1S/C18H35NO2.C5H13N/c1-2-3-4-11-14-17(20)15-12-9-7-5-6-8-10-13-16-18(19)21;1-4-5-6(2)3/h9,12,17,20H,2-8,10-11,13-16H2,1H3,(H2,19,21);4-5H2,1-3H3/b12-9-;. The molecule has 0 aliphatic carbocycles. The Morgan fingerprint density at radius 3 is 2.11 bits per heavy atom. The maximum atomic E-state index is 10.6. The topological polar surface area (TPSA) is 66.6 Å². The van der Waals surface area contributed by atoms with Crippen molar-refractivity contribution in [1.29, 1.82) is 0 Å². The predicted molar refractivity (Wildman–Crippen MR) is 119 cm³/mol. The van der Waals surface area contributed by atoms with E-state index in [1.54, 1.807) is 0 Å². The molecule has 0 fully saturated rings. The molecule has 3 N–H and O–H groups in total. The molecular weight excluding hydrogens is 336 g/mol. The van der Waals surface area contributed by atoms with Gasteiger partial charge < -0.3 is 15.7 Å². The van der Waals surface area contributed by atoms with E-state index in [9.17, 15) is 9.90 Å². The third kappa shape index (κ3) is 30.1. The first kappa shape index (κ1) is 28.3. The van der Waals surface area contributed by atoms with E-state index >= 15 is 0 Å². The van der Waals surface area contributed by atoms with Crippen molar-refractivity contribution in [1.82, 2.24) is 4.90 Å². The van der Waals surface area contributed by atoms with Crippen molar-refractivity contribution < 1.29 is 9.90 Å². The molecule has 4 heteroatoms. The Kier molecular flexibility index (Phi) is 24.3. The van der Waals surface area contributed by atoms with Crippen molar-refractivity contribution >= 4 is 5.91 Å². The summed E-state index contributed by atoms with van der Waals surface area (Å²) < 4.78 is 0. The molecule has 0 rings (SSSR count). The highest BCUT2D eigenvalue weighted by molar-refractivity contribution is 5.73. The van der Waals surface area contributed by atoms with Crippen LogP contribution in [0.3, 0.4) is 0 Å². The summed E-state index contributed by atoms with van der Waals surface area (Å²) in [6, 6.07) is 0. The highest BCUT2D eigenvalue weighted by Gasteiger charge is 2.00. The van der Waals surface area contributed by atoms with Crippen LogP contribution in [-0.4, -0.2) is 42.7 Å². The van der Waals surface area contributed by atoms with Gasteiger partial charge in [0.05, 0.1) is 6.10 Å². The number of unbranched alkanes of at least 4 members (excludes halogenated alkanes) is 8. The maximum absolute atomic E-state index is 10.6. The van der Waals surface area contributed by atoms with Crippen molar-refractivity contribution in [3.8, 4) is 0 Å². The van der Waals surface area contributed by atoms with Gasteiger partial charge in [0.15, 0.2) is 0 Å². The average molecular weight is 385 g/mol. The number of rotatable bonds is 17. The lowest BCUT2D eigenvalue weighted by Crippen LogP contribution is -2.11. The van der Waals surface area contributed by atoms with Crippen LogP contribution < -0.4 is 5.73 Å². The number of primary amides is 1. The number of hydrogen-bond donors (Lipinski definition) is 2. The number of carbonyl (C=O) groups is 1.